The number of nitrogens with zero attached hydrogens (tertiary/aromatic N) is 1. The molecule has 1 N–H and O–H groups in total. The van der Waals surface area contributed by atoms with E-state index in [0.717, 1.165) is 23.2 Å². The highest BCUT2D eigenvalue weighted by molar-refractivity contribution is 5.95. The van der Waals surface area contributed by atoms with Crippen LogP contribution in [0.15, 0.2) is 18.2 Å². The van der Waals surface area contributed by atoms with Crippen molar-refractivity contribution in [3.8, 4) is 6.07 Å². The van der Waals surface area contributed by atoms with E-state index in [0.29, 0.717) is 6.42 Å². The van der Waals surface area contributed by atoms with Crippen molar-refractivity contribution < 1.29 is 4.79 Å². The lowest BCUT2D eigenvalue weighted by Gasteiger charge is -2.13. The number of aryl methyl sites for hydroxylation is 2. The molecule has 0 aliphatic carbocycles. The zero-order chi connectivity index (χ0) is 12.8. The quantitative estimate of drug-likeness (QED) is 0.863. The number of anilines is 1. The van der Waals surface area contributed by atoms with Crippen molar-refractivity contribution in [1.82, 2.24) is 0 Å². The first-order chi connectivity index (χ1) is 8.10. The van der Waals surface area contributed by atoms with Gasteiger partial charge in [-0.25, -0.2) is 0 Å². The first kappa shape index (κ1) is 13.2. The van der Waals surface area contributed by atoms with Gasteiger partial charge < -0.3 is 5.32 Å². The van der Waals surface area contributed by atoms with Crippen molar-refractivity contribution in [3.63, 3.8) is 0 Å². The first-order valence-corrected chi connectivity index (χ1v) is 5.86. The second-order valence-electron chi connectivity index (χ2n) is 4.23. The molecule has 0 aromatic heterocycles. The highest BCUT2D eigenvalue weighted by Crippen LogP contribution is 2.20. The molecule has 1 atom stereocenters. The van der Waals surface area contributed by atoms with Gasteiger partial charge in [-0.15, -0.1) is 0 Å². The van der Waals surface area contributed by atoms with Crippen molar-refractivity contribution in [2.75, 3.05) is 5.32 Å². The Balaban J connectivity index is 2.84. The molecule has 17 heavy (non-hydrogen) atoms. The number of nitriles is 1. The summed E-state index contributed by atoms with van der Waals surface area (Å²) in [5.74, 6) is -0.759. The Morgan fingerprint density at radius 1 is 1.41 bits per heavy atom. The van der Waals surface area contributed by atoms with Crippen LogP contribution in [0.2, 0.25) is 0 Å². The Morgan fingerprint density at radius 2 is 2.00 bits per heavy atom. The highest BCUT2D eigenvalue weighted by Gasteiger charge is 2.17. The number of para-hydroxylation sites is 1. The van der Waals surface area contributed by atoms with Crippen molar-refractivity contribution in [1.29, 1.82) is 5.26 Å². The molecule has 1 rings (SSSR count). The fourth-order valence-corrected chi connectivity index (χ4v) is 1.76. The van der Waals surface area contributed by atoms with Crippen LogP contribution >= 0.6 is 0 Å². The Kier molecular flexibility index (Phi) is 4.71. The van der Waals surface area contributed by atoms with Crippen LogP contribution in [0, 0.1) is 31.1 Å². The summed E-state index contributed by atoms with van der Waals surface area (Å²) in [6.07, 6.45) is 1.44. The van der Waals surface area contributed by atoms with Crippen molar-refractivity contribution in [2.24, 2.45) is 5.92 Å². The van der Waals surface area contributed by atoms with E-state index in [1.54, 1.807) is 0 Å². The zero-order valence-electron chi connectivity index (χ0n) is 10.6. The van der Waals surface area contributed by atoms with Crippen LogP contribution in [0.25, 0.3) is 0 Å². The molecule has 1 aromatic carbocycles. The Hall–Kier alpha value is -1.82. The number of carbonyl (C=O) groups is 1. The lowest BCUT2D eigenvalue weighted by Crippen LogP contribution is -2.22. The number of hydrogen-bond acceptors (Lipinski definition) is 2. The van der Waals surface area contributed by atoms with Gasteiger partial charge >= 0.3 is 0 Å². The van der Waals surface area contributed by atoms with Crippen LogP contribution in [-0.2, 0) is 4.79 Å². The number of hydrogen-bond donors (Lipinski definition) is 1. The van der Waals surface area contributed by atoms with E-state index in [4.69, 9.17) is 5.26 Å². The van der Waals surface area contributed by atoms with Gasteiger partial charge in [-0.2, -0.15) is 5.26 Å². The number of carbonyl (C=O) groups excluding carboxylic acids is 1. The average molecular weight is 230 g/mol. The summed E-state index contributed by atoms with van der Waals surface area (Å²) in [5.41, 5.74) is 2.87. The summed E-state index contributed by atoms with van der Waals surface area (Å²) in [4.78, 5) is 11.9. The Bertz CT molecular complexity index is 426. The van der Waals surface area contributed by atoms with E-state index in [9.17, 15) is 4.79 Å². The molecule has 0 aliphatic rings. The normalized spacial score (nSPS) is 11.6. The van der Waals surface area contributed by atoms with Gasteiger partial charge in [-0.3, -0.25) is 4.79 Å². The van der Waals surface area contributed by atoms with E-state index in [2.05, 4.69) is 5.32 Å². The van der Waals surface area contributed by atoms with Crippen molar-refractivity contribution in [3.05, 3.63) is 29.3 Å². The molecule has 1 amide bonds. The predicted octanol–water partition coefficient (Wildman–Crippen LogP) is 3.18. The molecule has 1 aromatic rings. The van der Waals surface area contributed by atoms with Gasteiger partial charge in [-0.1, -0.05) is 31.5 Å². The topological polar surface area (TPSA) is 52.9 Å². The fourth-order valence-electron chi connectivity index (χ4n) is 1.76. The summed E-state index contributed by atoms with van der Waals surface area (Å²) in [7, 11) is 0. The summed E-state index contributed by atoms with van der Waals surface area (Å²) in [6, 6.07) is 7.90. The van der Waals surface area contributed by atoms with Crippen LogP contribution in [0.4, 0.5) is 5.69 Å². The van der Waals surface area contributed by atoms with Gasteiger partial charge in [0.2, 0.25) is 5.91 Å². The van der Waals surface area contributed by atoms with Gasteiger partial charge in [0.25, 0.3) is 0 Å². The number of benzene rings is 1. The van der Waals surface area contributed by atoms with Crippen LogP contribution in [0.5, 0.6) is 0 Å². The third-order valence-electron chi connectivity index (χ3n) is 2.78. The first-order valence-electron chi connectivity index (χ1n) is 5.86. The Morgan fingerprint density at radius 3 is 2.47 bits per heavy atom. The smallest absolute Gasteiger partial charge is 0.241 e. The zero-order valence-corrected chi connectivity index (χ0v) is 10.6. The summed E-state index contributed by atoms with van der Waals surface area (Å²) in [5, 5.41) is 11.8. The minimum absolute atomic E-state index is 0.202. The van der Waals surface area contributed by atoms with Crippen LogP contribution in [-0.4, -0.2) is 5.91 Å². The number of amides is 1. The molecule has 90 valence electrons. The van der Waals surface area contributed by atoms with Gasteiger partial charge in [0, 0.05) is 5.69 Å². The van der Waals surface area contributed by atoms with Gasteiger partial charge in [-0.05, 0) is 31.4 Å². The van der Waals surface area contributed by atoms with E-state index in [1.165, 1.54) is 0 Å². The monoisotopic (exact) mass is 230 g/mol. The van der Waals surface area contributed by atoms with Crippen molar-refractivity contribution >= 4 is 11.6 Å². The van der Waals surface area contributed by atoms with Gasteiger partial charge in [0.05, 0.1) is 6.07 Å². The Labute approximate surface area is 102 Å². The predicted molar refractivity (Wildman–Crippen MR) is 68.6 cm³/mol. The standard InChI is InChI=1S/C14H18N2O/c1-4-6-12(9-15)14(17)16-13-10(2)7-5-8-11(13)3/h5,7-8,12H,4,6H2,1-3H3,(H,16,17). The molecule has 0 fully saturated rings. The molecule has 0 aliphatic heterocycles. The number of rotatable bonds is 4. The maximum atomic E-state index is 11.9. The average Bonchev–Trinajstić information content (AvgIpc) is 2.30. The second kappa shape index (κ2) is 6.05. The molecular weight excluding hydrogens is 212 g/mol. The third-order valence-corrected chi connectivity index (χ3v) is 2.78. The molecule has 3 heteroatoms. The fraction of sp³-hybridized carbons (Fsp3) is 0.429. The minimum Gasteiger partial charge on any atom is -0.324 e. The van der Waals surface area contributed by atoms with Gasteiger partial charge in [0.1, 0.15) is 5.92 Å². The molecule has 0 saturated carbocycles. The molecule has 1 unspecified atom stereocenters. The summed E-state index contributed by atoms with van der Waals surface area (Å²) >= 11 is 0. The molecule has 0 spiro atoms. The van der Waals surface area contributed by atoms with Crippen LogP contribution in [0.1, 0.15) is 30.9 Å². The lowest BCUT2D eigenvalue weighted by molar-refractivity contribution is -0.118. The maximum Gasteiger partial charge on any atom is 0.241 e. The lowest BCUT2D eigenvalue weighted by atomic mass is 10.0. The molecule has 0 saturated heterocycles. The van der Waals surface area contributed by atoms with Crippen molar-refractivity contribution in [2.45, 2.75) is 33.6 Å². The second-order valence-corrected chi connectivity index (χ2v) is 4.23. The van der Waals surface area contributed by atoms with E-state index < -0.39 is 5.92 Å². The summed E-state index contributed by atoms with van der Waals surface area (Å²) in [6.45, 7) is 5.87. The number of nitrogens with one attached hydrogen (secondary N) is 1. The van der Waals surface area contributed by atoms with Gasteiger partial charge in [0.15, 0.2) is 0 Å². The molecule has 0 heterocycles. The molecule has 0 radical (unpaired) electrons. The largest absolute Gasteiger partial charge is 0.324 e. The third kappa shape index (κ3) is 3.32. The SMILES string of the molecule is CCCC(C#N)C(=O)Nc1c(C)cccc1C. The van der Waals surface area contributed by atoms with Crippen LogP contribution < -0.4 is 5.32 Å². The molecule has 0 bridgehead atoms. The van der Waals surface area contributed by atoms with E-state index in [-0.39, 0.29) is 5.91 Å². The highest BCUT2D eigenvalue weighted by atomic mass is 16.1. The molecule has 3 nitrogen and oxygen atoms in total. The van der Waals surface area contributed by atoms with Crippen LogP contribution in [0.3, 0.4) is 0 Å². The summed E-state index contributed by atoms with van der Waals surface area (Å²) < 4.78 is 0. The minimum atomic E-state index is -0.556. The molecular formula is C14H18N2O. The maximum absolute atomic E-state index is 11.9. The van der Waals surface area contributed by atoms with E-state index in [1.807, 2.05) is 45.0 Å². The van der Waals surface area contributed by atoms with E-state index >= 15 is 0 Å².